The molecule has 2 fully saturated rings. The SMILES string of the molecule is CCCN1[C@H]2CC[C@H]1CC(C(=O)O)C2. The summed E-state index contributed by atoms with van der Waals surface area (Å²) in [5, 5.41) is 9.00. The number of hydrogen-bond donors (Lipinski definition) is 1. The van der Waals surface area contributed by atoms with Crippen molar-refractivity contribution < 1.29 is 9.90 Å². The summed E-state index contributed by atoms with van der Waals surface area (Å²) in [7, 11) is 0. The van der Waals surface area contributed by atoms with Crippen molar-refractivity contribution in [2.24, 2.45) is 5.92 Å². The molecule has 0 aromatic carbocycles. The summed E-state index contributed by atoms with van der Waals surface area (Å²) in [4.78, 5) is 13.5. The standard InChI is InChI=1S/C11H19NO2/c1-2-5-12-9-3-4-10(12)7-8(6-9)11(13)14/h8-10H,2-7H2,1H3,(H,13,14)/t9-,10-/m0/s1. The zero-order chi connectivity index (χ0) is 10.1. The molecular formula is C11H19NO2. The Labute approximate surface area is 85.1 Å². The van der Waals surface area contributed by atoms with Crippen molar-refractivity contribution in [3.8, 4) is 0 Å². The normalized spacial score (nSPS) is 37.4. The fourth-order valence-electron chi connectivity index (χ4n) is 3.10. The van der Waals surface area contributed by atoms with Gasteiger partial charge in [0.25, 0.3) is 0 Å². The topological polar surface area (TPSA) is 40.5 Å². The Balaban J connectivity index is 2.01. The number of piperidine rings is 1. The Morgan fingerprint density at radius 3 is 2.36 bits per heavy atom. The van der Waals surface area contributed by atoms with E-state index in [0.717, 1.165) is 19.4 Å². The second kappa shape index (κ2) is 3.89. The minimum atomic E-state index is -0.585. The van der Waals surface area contributed by atoms with Crippen LogP contribution in [0.3, 0.4) is 0 Å². The van der Waals surface area contributed by atoms with Gasteiger partial charge < -0.3 is 5.11 Å². The number of hydrogen-bond acceptors (Lipinski definition) is 2. The van der Waals surface area contributed by atoms with Gasteiger partial charge in [0.1, 0.15) is 0 Å². The second-order valence-corrected chi connectivity index (χ2v) is 4.63. The molecule has 2 heterocycles. The number of fused-ring (bicyclic) bond motifs is 2. The van der Waals surface area contributed by atoms with E-state index >= 15 is 0 Å². The molecule has 0 saturated carbocycles. The van der Waals surface area contributed by atoms with E-state index in [1.807, 2.05) is 0 Å². The molecule has 0 aliphatic carbocycles. The summed E-state index contributed by atoms with van der Waals surface area (Å²) >= 11 is 0. The Kier molecular flexibility index (Phi) is 2.77. The smallest absolute Gasteiger partial charge is 0.306 e. The molecule has 80 valence electrons. The molecule has 1 N–H and O–H groups in total. The molecule has 2 atom stereocenters. The van der Waals surface area contributed by atoms with Crippen molar-refractivity contribution in [3.05, 3.63) is 0 Å². The average molecular weight is 197 g/mol. The summed E-state index contributed by atoms with van der Waals surface area (Å²) in [5.74, 6) is -0.654. The first-order chi connectivity index (χ1) is 6.72. The molecule has 0 amide bonds. The zero-order valence-corrected chi connectivity index (χ0v) is 8.78. The van der Waals surface area contributed by atoms with Crippen molar-refractivity contribution in [2.75, 3.05) is 6.54 Å². The Hall–Kier alpha value is -0.570. The number of rotatable bonds is 3. The molecule has 2 rings (SSSR count). The number of carboxylic acid groups (broad SMARTS) is 1. The highest BCUT2D eigenvalue weighted by Crippen LogP contribution is 2.38. The van der Waals surface area contributed by atoms with Gasteiger partial charge in [-0.3, -0.25) is 9.69 Å². The molecule has 2 aliphatic rings. The van der Waals surface area contributed by atoms with Crippen LogP contribution in [-0.4, -0.2) is 34.6 Å². The lowest BCUT2D eigenvalue weighted by Gasteiger charge is -2.37. The van der Waals surface area contributed by atoms with E-state index in [1.54, 1.807) is 0 Å². The number of carboxylic acids is 1. The van der Waals surface area contributed by atoms with E-state index in [4.69, 9.17) is 5.11 Å². The molecular weight excluding hydrogens is 178 g/mol. The summed E-state index contributed by atoms with van der Waals surface area (Å²) < 4.78 is 0. The second-order valence-electron chi connectivity index (χ2n) is 4.63. The molecule has 0 spiro atoms. The Morgan fingerprint density at radius 1 is 1.36 bits per heavy atom. The van der Waals surface area contributed by atoms with Crippen LogP contribution in [0.2, 0.25) is 0 Å². The highest BCUT2D eigenvalue weighted by atomic mass is 16.4. The fraction of sp³-hybridized carbons (Fsp3) is 0.909. The van der Waals surface area contributed by atoms with Crippen molar-refractivity contribution in [2.45, 2.75) is 51.1 Å². The van der Waals surface area contributed by atoms with E-state index in [1.165, 1.54) is 19.3 Å². The van der Waals surface area contributed by atoms with Crippen LogP contribution >= 0.6 is 0 Å². The van der Waals surface area contributed by atoms with Crippen molar-refractivity contribution in [3.63, 3.8) is 0 Å². The lowest BCUT2D eigenvalue weighted by atomic mass is 9.91. The minimum Gasteiger partial charge on any atom is -0.481 e. The average Bonchev–Trinajstić information content (AvgIpc) is 2.40. The third kappa shape index (κ3) is 1.65. The fourth-order valence-corrected chi connectivity index (χ4v) is 3.10. The van der Waals surface area contributed by atoms with Crippen LogP contribution in [0, 0.1) is 5.92 Å². The van der Waals surface area contributed by atoms with Gasteiger partial charge in [-0.1, -0.05) is 6.92 Å². The Bertz CT molecular complexity index is 215. The molecule has 0 unspecified atom stereocenters. The molecule has 2 bridgehead atoms. The van der Waals surface area contributed by atoms with Gasteiger partial charge in [-0.15, -0.1) is 0 Å². The monoisotopic (exact) mass is 197 g/mol. The zero-order valence-electron chi connectivity index (χ0n) is 8.78. The maximum atomic E-state index is 10.9. The van der Waals surface area contributed by atoms with Gasteiger partial charge in [0.15, 0.2) is 0 Å². The quantitative estimate of drug-likeness (QED) is 0.749. The van der Waals surface area contributed by atoms with Crippen molar-refractivity contribution in [1.29, 1.82) is 0 Å². The molecule has 2 aliphatic heterocycles. The number of carbonyl (C=O) groups is 1. The van der Waals surface area contributed by atoms with Crippen LogP contribution in [0.1, 0.15) is 39.0 Å². The largest absolute Gasteiger partial charge is 0.481 e. The third-order valence-electron chi connectivity index (χ3n) is 3.72. The molecule has 0 radical (unpaired) electrons. The maximum Gasteiger partial charge on any atom is 0.306 e. The van der Waals surface area contributed by atoms with Gasteiger partial charge in [0.2, 0.25) is 0 Å². The third-order valence-corrected chi connectivity index (χ3v) is 3.72. The van der Waals surface area contributed by atoms with Crippen LogP contribution in [0.25, 0.3) is 0 Å². The summed E-state index contributed by atoms with van der Waals surface area (Å²) in [6, 6.07) is 1.13. The van der Waals surface area contributed by atoms with E-state index in [-0.39, 0.29) is 5.92 Å². The molecule has 3 heteroatoms. The van der Waals surface area contributed by atoms with Crippen LogP contribution < -0.4 is 0 Å². The van der Waals surface area contributed by atoms with Crippen molar-refractivity contribution in [1.82, 2.24) is 4.90 Å². The highest BCUT2D eigenvalue weighted by molar-refractivity contribution is 5.70. The van der Waals surface area contributed by atoms with Gasteiger partial charge in [0, 0.05) is 12.1 Å². The van der Waals surface area contributed by atoms with Crippen LogP contribution in [0.5, 0.6) is 0 Å². The van der Waals surface area contributed by atoms with Crippen molar-refractivity contribution >= 4 is 5.97 Å². The van der Waals surface area contributed by atoms with E-state index < -0.39 is 5.97 Å². The molecule has 0 aromatic rings. The Morgan fingerprint density at radius 2 is 1.93 bits per heavy atom. The van der Waals surface area contributed by atoms with E-state index in [2.05, 4.69) is 11.8 Å². The van der Waals surface area contributed by atoms with Crippen LogP contribution in [0.15, 0.2) is 0 Å². The maximum absolute atomic E-state index is 10.9. The summed E-state index contributed by atoms with van der Waals surface area (Å²) in [5.41, 5.74) is 0. The number of nitrogens with zero attached hydrogens (tertiary/aromatic N) is 1. The highest BCUT2D eigenvalue weighted by Gasteiger charge is 2.42. The number of aliphatic carboxylic acids is 1. The van der Waals surface area contributed by atoms with Gasteiger partial charge in [-0.05, 0) is 38.6 Å². The van der Waals surface area contributed by atoms with E-state index in [9.17, 15) is 4.79 Å². The van der Waals surface area contributed by atoms with Gasteiger partial charge in [-0.25, -0.2) is 0 Å². The first-order valence-electron chi connectivity index (χ1n) is 5.71. The van der Waals surface area contributed by atoms with Gasteiger partial charge in [0.05, 0.1) is 5.92 Å². The summed E-state index contributed by atoms with van der Waals surface area (Å²) in [6.45, 7) is 3.35. The molecule has 2 saturated heterocycles. The first-order valence-corrected chi connectivity index (χ1v) is 5.71. The molecule has 3 nitrogen and oxygen atoms in total. The predicted octanol–water partition coefficient (Wildman–Crippen LogP) is 1.72. The molecule has 0 aromatic heterocycles. The van der Waals surface area contributed by atoms with Crippen LogP contribution in [0.4, 0.5) is 0 Å². The molecule has 14 heavy (non-hydrogen) atoms. The van der Waals surface area contributed by atoms with Gasteiger partial charge in [-0.2, -0.15) is 0 Å². The van der Waals surface area contributed by atoms with E-state index in [0.29, 0.717) is 12.1 Å². The predicted molar refractivity (Wildman–Crippen MR) is 54.2 cm³/mol. The lowest BCUT2D eigenvalue weighted by Crippen LogP contribution is -2.44. The minimum absolute atomic E-state index is 0.0689. The lowest BCUT2D eigenvalue weighted by molar-refractivity contribution is -0.144. The van der Waals surface area contributed by atoms with Crippen LogP contribution in [-0.2, 0) is 4.79 Å². The first kappa shape index (κ1) is 9.97. The summed E-state index contributed by atoms with van der Waals surface area (Å²) in [6.07, 6.45) is 5.38. The van der Waals surface area contributed by atoms with Gasteiger partial charge >= 0.3 is 5.97 Å².